The molecule has 3 heterocycles. The monoisotopic (exact) mass is 558 g/mol. The minimum atomic E-state index is 0.118. The molecule has 0 fully saturated rings. The van der Waals surface area contributed by atoms with E-state index in [1.165, 1.54) is 75.2 Å². The molecule has 6 aromatic rings. The molecule has 1 aliphatic rings. The van der Waals surface area contributed by atoms with Crippen LogP contribution in [-0.4, -0.2) is 0 Å². The number of fused-ring (bicyclic) bond motifs is 7. The lowest BCUT2D eigenvalue weighted by Gasteiger charge is -2.28. The smallest absolute Gasteiger partial charge is 0.228 e. The predicted octanol–water partition coefficient (Wildman–Crippen LogP) is 10.8. The van der Waals surface area contributed by atoms with Crippen LogP contribution in [0.2, 0.25) is 0 Å². The van der Waals surface area contributed by atoms with E-state index < -0.39 is 0 Å². The van der Waals surface area contributed by atoms with Gasteiger partial charge in [0.25, 0.3) is 0 Å². The molecule has 0 amide bonds. The molecule has 0 unspecified atom stereocenters. The maximum absolute atomic E-state index is 7.15. The second-order valence-corrected chi connectivity index (χ2v) is 15.7. The van der Waals surface area contributed by atoms with E-state index in [9.17, 15) is 0 Å². The molecule has 0 saturated heterocycles. The zero-order chi connectivity index (χ0) is 29.0. The van der Waals surface area contributed by atoms with E-state index in [1.807, 2.05) is 11.3 Å². The normalized spacial score (nSPS) is 13.4. The Balaban J connectivity index is 1.60. The fraction of sp³-hybridized carbons (Fsp3) is 0.342. The van der Waals surface area contributed by atoms with Gasteiger partial charge in [0.1, 0.15) is 18.5 Å². The van der Waals surface area contributed by atoms with E-state index >= 15 is 0 Å². The number of aromatic nitrogens is 1. The zero-order valence-corrected chi connectivity index (χ0v) is 26.7. The topological polar surface area (TPSA) is 13.1 Å². The summed E-state index contributed by atoms with van der Waals surface area (Å²) in [5.41, 5.74) is 8.22. The quantitative estimate of drug-likeness (QED) is 0.192. The lowest BCUT2D eigenvalue weighted by molar-refractivity contribution is -0.659. The molecule has 0 aliphatic carbocycles. The van der Waals surface area contributed by atoms with Gasteiger partial charge >= 0.3 is 0 Å². The molecular weight excluding hydrogens is 518 g/mol. The number of hydrogen-bond acceptors (Lipinski definition) is 2. The summed E-state index contributed by atoms with van der Waals surface area (Å²) in [6.07, 6.45) is 4.26. The van der Waals surface area contributed by atoms with Crippen molar-refractivity contribution in [3.63, 3.8) is 0 Å². The number of ether oxygens (including phenoxy) is 1. The molecule has 1 aliphatic heterocycles. The van der Waals surface area contributed by atoms with Crippen molar-refractivity contribution in [3.8, 4) is 22.8 Å². The van der Waals surface area contributed by atoms with E-state index in [1.54, 1.807) is 0 Å². The minimum Gasteiger partial charge on any atom is -0.455 e. The number of rotatable bonds is 2. The molecule has 0 N–H and O–H groups in total. The fourth-order valence-electron chi connectivity index (χ4n) is 7.06. The summed E-state index contributed by atoms with van der Waals surface area (Å²) in [7, 11) is 2.19. The third-order valence-corrected chi connectivity index (χ3v) is 9.85. The lowest BCUT2D eigenvalue weighted by Crippen LogP contribution is -2.32. The van der Waals surface area contributed by atoms with Gasteiger partial charge in [0.15, 0.2) is 6.20 Å². The third kappa shape index (κ3) is 4.15. The highest BCUT2D eigenvalue weighted by atomic mass is 32.1. The van der Waals surface area contributed by atoms with Gasteiger partial charge < -0.3 is 4.74 Å². The molecule has 2 aromatic heterocycles. The van der Waals surface area contributed by atoms with E-state index in [2.05, 4.69) is 122 Å². The number of hydrogen-bond donors (Lipinski definition) is 0. The molecule has 4 aromatic carbocycles. The van der Waals surface area contributed by atoms with Crippen LogP contribution in [0.1, 0.15) is 63.8 Å². The molecule has 0 atom stereocenters. The average molecular weight is 559 g/mol. The average Bonchev–Trinajstić information content (AvgIpc) is 3.24. The van der Waals surface area contributed by atoms with Gasteiger partial charge in [0.2, 0.25) is 5.69 Å². The summed E-state index contributed by atoms with van der Waals surface area (Å²) in [5, 5.41) is 7.85. The molecule has 0 bridgehead atoms. The number of pyridine rings is 1. The van der Waals surface area contributed by atoms with Gasteiger partial charge in [-0.2, -0.15) is 0 Å². The van der Waals surface area contributed by atoms with Crippen molar-refractivity contribution in [1.29, 1.82) is 0 Å². The summed E-state index contributed by atoms with van der Waals surface area (Å²) in [4.78, 5) is 0. The molecule has 41 heavy (non-hydrogen) atoms. The highest BCUT2D eigenvalue weighted by Crippen LogP contribution is 2.54. The largest absolute Gasteiger partial charge is 0.455 e. The maximum atomic E-state index is 7.15. The number of aryl methyl sites for hydroxylation is 3. The Bertz CT molecular complexity index is 2060. The Hall–Kier alpha value is -3.43. The van der Waals surface area contributed by atoms with Crippen molar-refractivity contribution in [2.75, 3.05) is 0 Å². The second-order valence-electron chi connectivity index (χ2n) is 14.6. The SMILES string of the molecule is Cc1c2c(c(CC(C)(C)C)c3c(C)cccc13)Oc1cc3c4cc(CC(C)(C)C)ccc4sc3c3cc[n+](C)c-2c13. The van der Waals surface area contributed by atoms with Crippen LogP contribution < -0.4 is 9.30 Å². The first-order chi connectivity index (χ1) is 19.3. The molecule has 3 heteroatoms. The van der Waals surface area contributed by atoms with E-state index in [0.717, 1.165) is 24.3 Å². The predicted molar refractivity (Wildman–Crippen MR) is 177 cm³/mol. The van der Waals surface area contributed by atoms with Gasteiger partial charge in [-0.1, -0.05) is 65.8 Å². The van der Waals surface area contributed by atoms with Crippen molar-refractivity contribution in [1.82, 2.24) is 0 Å². The van der Waals surface area contributed by atoms with Crippen LogP contribution in [0.5, 0.6) is 11.5 Å². The highest BCUT2D eigenvalue weighted by Gasteiger charge is 2.35. The highest BCUT2D eigenvalue weighted by molar-refractivity contribution is 7.26. The van der Waals surface area contributed by atoms with Crippen LogP contribution in [0.3, 0.4) is 0 Å². The first-order valence-corrected chi connectivity index (χ1v) is 15.7. The Labute approximate surface area is 247 Å². The van der Waals surface area contributed by atoms with Crippen LogP contribution >= 0.6 is 11.3 Å². The van der Waals surface area contributed by atoms with Crippen molar-refractivity contribution < 1.29 is 9.30 Å². The van der Waals surface area contributed by atoms with E-state index in [4.69, 9.17) is 4.74 Å². The Morgan fingerprint density at radius 3 is 2.27 bits per heavy atom. The standard InChI is InChI=1S/C38H40NOS/c1-21-11-10-12-24-22(2)32-34-33-25(15-16-39(34)9)36-27(26-17-23(19-37(3,4)5)13-14-30(26)41-36)18-29(33)40-35(32)28(31(21)24)20-38(6,7)8/h10-18H,19-20H2,1-9H3/q+1. The first kappa shape index (κ1) is 26.5. The number of nitrogens with zero attached hydrogens (tertiary/aromatic N) is 1. The Morgan fingerprint density at radius 1 is 0.780 bits per heavy atom. The molecule has 7 rings (SSSR count). The van der Waals surface area contributed by atoms with Crippen LogP contribution in [0, 0.1) is 24.7 Å². The van der Waals surface area contributed by atoms with Gasteiger partial charge in [-0.3, -0.25) is 0 Å². The number of benzene rings is 4. The fourth-order valence-corrected chi connectivity index (χ4v) is 8.25. The van der Waals surface area contributed by atoms with Gasteiger partial charge in [-0.05, 0) is 83.2 Å². The van der Waals surface area contributed by atoms with Gasteiger partial charge in [-0.15, -0.1) is 11.3 Å². The summed E-state index contributed by atoms with van der Waals surface area (Å²) in [6.45, 7) is 18.5. The minimum absolute atomic E-state index is 0.118. The lowest BCUT2D eigenvalue weighted by atomic mass is 9.81. The summed E-state index contributed by atoms with van der Waals surface area (Å²) >= 11 is 1.91. The van der Waals surface area contributed by atoms with Crippen molar-refractivity contribution in [2.24, 2.45) is 17.9 Å². The Morgan fingerprint density at radius 2 is 1.54 bits per heavy atom. The van der Waals surface area contributed by atoms with Gasteiger partial charge in [0, 0.05) is 37.2 Å². The van der Waals surface area contributed by atoms with Crippen LogP contribution in [0.15, 0.2) is 54.7 Å². The van der Waals surface area contributed by atoms with Crippen LogP contribution in [-0.2, 0) is 19.9 Å². The van der Waals surface area contributed by atoms with Crippen LogP contribution in [0.4, 0.5) is 0 Å². The molecule has 0 radical (unpaired) electrons. The van der Waals surface area contributed by atoms with Gasteiger partial charge in [-0.25, -0.2) is 4.57 Å². The molecular formula is C38H40NOS+. The molecule has 208 valence electrons. The first-order valence-electron chi connectivity index (χ1n) is 14.8. The summed E-state index contributed by atoms with van der Waals surface area (Å²) < 4.78 is 12.2. The Kier molecular flexibility index (Phi) is 5.67. The molecule has 0 spiro atoms. The second kappa shape index (κ2) is 8.79. The summed E-state index contributed by atoms with van der Waals surface area (Å²) in [6, 6.07) is 18.4. The van der Waals surface area contributed by atoms with Gasteiger partial charge in [0.05, 0.1) is 10.9 Å². The number of thiophene rings is 1. The summed E-state index contributed by atoms with van der Waals surface area (Å²) in [5.74, 6) is 2.02. The molecule has 0 saturated carbocycles. The van der Waals surface area contributed by atoms with Crippen molar-refractivity contribution >= 4 is 53.1 Å². The van der Waals surface area contributed by atoms with E-state index in [0.29, 0.717) is 0 Å². The zero-order valence-electron chi connectivity index (χ0n) is 25.9. The van der Waals surface area contributed by atoms with Crippen molar-refractivity contribution in [3.05, 3.63) is 77.0 Å². The third-order valence-electron chi connectivity index (χ3n) is 8.63. The molecule has 2 nitrogen and oxygen atoms in total. The van der Waals surface area contributed by atoms with E-state index in [-0.39, 0.29) is 10.8 Å². The van der Waals surface area contributed by atoms with Crippen LogP contribution in [0.25, 0.3) is 53.0 Å². The van der Waals surface area contributed by atoms with Crippen molar-refractivity contribution in [2.45, 2.75) is 68.2 Å². The maximum Gasteiger partial charge on any atom is 0.228 e.